The fraction of sp³-hybridized carbons (Fsp3) is 0. The molecule has 0 unspecified atom stereocenters. The quantitative estimate of drug-likeness (QED) is 0.728. The molecule has 0 spiro atoms. The van der Waals surface area contributed by atoms with Crippen molar-refractivity contribution in [2.45, 2.75) is 0 Å². The normalized spacial score (nSPS) is 10.7. The Morgan fingerprint density at radius 2 is 1.70 bits per heavy atom. The predicted octanol–water partition coefficient (Wildman–Crippen LogP) is 3.26. The highest BCUT2D eigenvalue weighted by molar-refractivity contribution is 5.63. The number of nitrogens with zero attached hydrogens (tertiary/aromatic N) is 2. The summed E-state index contributed by atoms with van der Waals surface area (Å²) in [6, 6.07) is 10.0. The van der Waals surface area contributed by atoms with E-state index in [2.05, 4.69) is 10.1 Å². The molecule has 4 nitrogen and oxygen atoms in total. The van der Waals surface area contributed by atoms with E-state index in [-0.39, 0.29) is 22.8 Å². The van der Waals surface area contributed by atoms with Crippen LogP contribution in [-0.4, -0.2) is 10.1 Å². The molecule has 0 radical (unpaired) electrons. The van der Waals surface area contributed by atoms with Crippen molar-refractivity contribution in [2.75, 3.05) is 5.73 Å². The van der Waals surface area contributed by atoms with Crippen LogP contribution >= 0.6 is 0 Å². The van der Waals surface area contributed by atoms with Gasteiger partial charge in [-0.1, -0.05) is 17.3 Å². The van der Waals surface area contributed by atoms with Gasteiger partial charge in [-0.25, -0.2) is 8.78 Å². The Hall–Kier alpha value is -2.76. The predicted molar refractivity (Wildman–Crippen MR) is 69.5 cm³/mol. The number of hydrogen-bond acceptors (Lipinski definition) is 4. The molecule has 100 valence electrons. The van der Waals surface area contributed by atoms with Crippen LogP contribution < -0.4 is 5.73 Å². The summed E-state index contributed by atoms with van der Waals surface area (Å²) in [6.45, 7) is 0. The molecule has 3 aromatic rings. The lowest BCUT2D eigenvalue weighted by Gasteiger charge is -1.98. The van der Waals surface area contributed by atoms with Crippen molar-refractivity contribution in [3.8, 4) is 22.8 Å². The van der Waals surface area contributed by atoms with Gasteiger partial charge in [0.25, 0.3) is 5.89 Å². The maximum atomic E-state index is 13.7. The largest absolute Gasteiger partial charge is 0.399 e. The van der Waals surface area contributed by atoms with Crippen LogP contribution in [0.15, 0.2) is 47.0 Å². The van der Waals surface area contributed by atoms with Crippen LogP contribution in [0.25, 0.3) is 22.8 Å². The maximum absolute atomic E-state index is 13.7. The second-order valence-electron chi connectivity index (χ2n) is 4.14. The summed E-state index contributed by atoms with van der Waals surface area (Å²) in [5.41, 5.74) is 6.23. The Morgan fingerprint density at radius 3 is 2.50 bits per heavy atom. The zero-order chi connectivity index (χ0) is 14.1. The first-order valence-electron chi connectivity index (χ1n) is 5.79. The summed E-state index contributed by atoms with van der Waals surface area (Å²) in [7, 11) is 0. The third-order valence-electron chi connectivity index (χ3n) is 2.76. The molecule has 0 saturated heterocycles. The van der Waals surface area contributed by atoms with Gasteiger partial charge in [-0.2, -0.15) is 4.98 Å². The zero-order valence-corrected chi connectivity index (χ0v) is 10.2. The zero-order valence-electron chi connectivity index (χ0n) is 10.2. The minimum atomic E-state index is -0.539. The molecule has 0 aliphatic heterocycles. The smallest absolute Gasteiger partial charge is 0.261 e. The van der Waals surface area contributed by atoms with Crippen molar-refractivity contribution in [1.82, 2.24) is 10.1 Å². The van der Waals surface area contributed by atoms with Crippen molar-refractivity contribution in [1.29, 1.82) is 0 Å². The minimum absolute atomic E-state index is 0.0481. The Bertz CT molecular complexity index is 771. The lowest BCUT2D eigenvalue weighted by Crippen LogP contribution is -1.90. The van der Waals surface area contributed by atoms with Gasteiger partial charge in [-0.05, 0) is 30.3 Å². The Morgan fingerprint density at radius 1 is 0.950 bits per heavy atom. The van der Waals surface area contributed by atoms with Gasteiger partial charge < -0.3 is 10.3 Å². The number of hydrogen-bond donors (Lipinski definition) is 1. The molecule has 2 N–H and O–H groups in total. The third-order valence-corrected chi connectivity index (χ3v) is 2.76. The Balaban J connectivity index is 2.07. The molecule has 0 aliphatic carbocycles. The number of anilines is 1. The van der Waals surface area contributed by atoms with Gasteiger partial charge in [0.15, 0.2) is 0 Å². The fourth-order valence-corrected chi connectivity index (χ4v) is 1.79. The van der Waals surface area contributed by atoms with Crippen LogP contribution in [0.1, 0.15) is 0 Å². The number of nitrogen functional groups attached to an aromatic ring is 1. The van der Waals surface area contributed by atoms with Crippen LogP contribution in [-0.2, 0) is 0 Å². The molecule has 0 atom stereocenters. The number of benzene rings is 2. The molecule has 0 amide bonds. The van der Waals surface area contributed by atoms with Crippen LogP contribution in [0.5, 0.6) is 0 Å². The van der Waals surface area contributed by atoms with Gasteiger partial charge in [-0.3, -0.25) is 0 Å². The van der Waals surface area contributed by atoms with E-state index in [0.29, 0.717) is 5.69 Å². The van der Waals surface area contributed by atoms with Gasteiger partial charge in [0.1, 0.15) is 11.6 Å². The molecule has 0 bridgehead atoms. The highest BCUT2D eigenvalue weighted by Gasteiger charge is 2.16. The van der Waals surface area contributed by atoms with Gasteiger partial charge in [0.2, 0.25) is 5.82 Å². The first kappa shape index (κ1) is 12.3. The summed E-state index contributed by atoms with van der Waals surface area (Å²) in [6.07, 6.45) is 0. The molecular weight excluding hydrogens is 264 g/mol. The SMILES string of the molecule is Nc1ccc(F)c(-c2nc(-c3ccccc3F)no2)c1. The Kier molecular flexibility index (Phi) is 2.90. The van der Waals surface area contributed by atoms with Crippen LogP contribution in [0.3, 0.4) is 0 Å². The third kappa shape index (κ3) is 2.11. The second kappa shape index (κ2) is 4.73. The van der Waals surface area contributed by atoms with Gasteiger partial charge in [0, 0.05) is 5.69 Å². The van der Waals surface area contributed by atoms with Crippen LogP contribution in [0.4, 0.5) is 14.5 Å². The number of halogens is 2. The molecule has 0 fully saturated rings. The minimum Gasteiger partial charge on any atom is -0.399 e. The van der Waals surface area contributed by atoms with Crippen molar-refractivity contribution in [3.63, 3.8) is 0 Å². The molecule has 0 saturated carbocycles. The van der Waals surface area contributed by atoms with Crippen molar-refractivity contribution in [2.24, 2.45) is 0 Å². The summed E-state index contributed by atoms with van der Waals surface area (Å²) >= 11 is 0. The fourth-order valence-electron chi connectivity index (χ4n) is 1.79. The van der Waals surface area contributed by atoms with Gasteiger partial charge >= 0.3 is 0 Å². The summed E-state index contributed by atoms with van der Waals surface area (Å²) in [5, 5.41) is 3.66. The Labute approximate surface area is 112 Å². The van der Waals surface area contributed by atoms with Gasteiger partial charge in [-0.15, -0.1) is 0 Å². The second-order valence-corrected chi connectivity index (χ2v) is 4.14. The van der Waals surface area contributed by atoms with E-state index < -0.39 is 11.6 Å². The molecule has 2 aromatic carbocycles. The van der Waals surface area contributed by atoms with Crippen molar-refractivity contribution < 1.29 is 13.3 Å². The summed E-state index contributed by atoms with van der Waals surface area (Å²) in [5.74, 6) is -1.01. The average molecular weight is 273 g/mol. The highest BCUT2D eigenvalue weighted by atomic mass is 19.1. The first-order valence-corrected chi connectivity index (χ1v) is 5.79. The lowest BCUT2D eigenvalue weighted by molar-refractivity contribution is 0.429. The standard InChI is InChI=1S/C14H9F2N3O/c15-11-4-2-1-3-9(11)13-18-14(20-19-13)10-7-8(17)5-6-12(10)16/h1-7H,17H2. The van der Waals surface area contributed by atoms with Crippen molar-refractivity contribution in [3.05, 3.63) is 54.1 Å². The summed E-state index contributed by atoms with van der Waals surface area (Å²) < 4.78 is 32.3. The van der Waals surface area contributed by atoms with E-state index in [4.69, 9.17) is 10.3 Å². The van der Waals surface area contributed by atoms with Crippen LogP contribution in [0, 0.1) is 11.6 Å². The van der Waals surface area contributed by atoms with E-state index in [1.165, 1.54) is 30.3 Å². The molecule has 1 aromatic heterocycles. The van der Waals surface area contributed by atoms with E-state index in [9.17, 15) is 8.78 Å². The molecule has 6 heteroatoms. The molecule has 0 aliphatic rings. The van der Waals surface area contributed by atoms with E-state index >= 15 is 0 Å². The lowest BCUT2D eigenvalue weighted by atomic mass is 10.2. The monoisotopic (exact) mass is 273 g/mol. The van der Waals surface area contributed by atoms with E-state index in [0.717, 1.165) is 0 Å². The number of aromatic nitrogens is 2. The molecule has 3 rings (SSSR count). The number of rotatable bonds is 2. The molecule has 20 heavy (non-hydrogen) atoms. The van der Waals surface area contributed by atoms with Gasteiger partial charge in [0.05, 0.1) is 11.1 Å². The molecule has 1 heterocycles. The molecular formula is C14H9F2N3O. The highest BCUT2D eigenvalue weighted by Crippen LogP contribution is 2.26. The maximum Gasteiger partial charge on any atom is 0.261 e. The topological polar surface area (TPSA) is 64.9 Å². The number of nitrogens with two attached hydrogens (primary N) is 1. The van der Waals surface area contributed by atoms with E-state index in [1.54, 1.807) is 12.1 Å². The van der Waals surface area contributed by atoms with E-state index in [1.807, 2.05) is 0 Å². The van der Waals surface area contributed by atoms with Crippen molar-refractivity contribution >= 4 is 5.69 Å². The van der Waals surface area contributed by atoms with Crippen LogP contribution in [0.2, 0.25) is 0 Å². The average Bonchev–Trinajstić information content (AvgIpc) is 2.91. The summed E-state index contributed by atoms with van der Waals surface area (Å²) in [4.78, 5) is 4.00. The first-order chi connectivity index (χ1) is 9.65.